The van der Waals surface area contributed by atoms with Gasteiger partial charge < -0.3 is 15.5 Å². The van der Waals surface area contributed by atoms with E-state index in [1.54, 1.807) is 0 Å². The Kier molecular flexibility index (Phi) is 4.32. The van der Waals surface area contributed by atoms with Gasteiger partial charge in [0, 0.05) is 6.42 Å². The molecule has 0 saturated carbocycles. The normalized spacial score (nSPS) is 14.8. The van der Waals surface area contributed by atoms with Crippen molar-refractivity contribution >= 4 is 23.3 Å². The molecule has 0 bridgehead atoms. The molecule has 0 aromatic heterocycles. The Labute approximate surface area is 111 Å². The van der Waals surface area contributed by atoms with Crippen LogP contribution >= 0.6 is 11.6 Å². The molecule has 0 aliphatic carbocycles. The van der Waals surface area contributed by atoms with Gasteiger partial charge in [0.2, 0.25) is 5.72 Å². The maximum atomic E-state index is 12.4. The summed E-state index contributed by atoms with van der Waals surface area (Å²) in [6.07, 6.45) is -4.74. The number of hydrogen-bond acceptors (Lipinski definition) is 3. The van der Waals surface area contributed by atoms with Crippen molar-refractivity contribution in [2.45, 2.75) is 25.2 Å². The zero-order valence-corrected chi connectivity index (χ0v) is 10.5. The number of anilines is 1. The quantitative estimate of drug-likeness (QED) is 0.747. The Bertz CT molecular complexity index is 493. The topological polar surface area (TPSA) is 69.6 Å². The van der Waals surface area contributed by atoms with Crippen LogP contribution in [-0.2, 0) is 11.0 Å². The third-order valence-corrected chi connectivity index (χ3v) is 2.82. The van der Waals surface area contributed by atoms with Crippen molar-refractivity contribution in [3.8, 4) is 0 Å². The van der Waals surface area contributed by atoms with Crippen LogP contribution in [0.15, 0.2) is 18.2 Å². The van der Waals surface area contributed by atoms with E-state index in [0.717, 1.165) is 12.1 Å². The molecule has 0 aliphatic heterocycles. The first-order valence-electron chi connectivity index (χ1n) is 5.21. The van der Waals surface area contributed by atoms with Gasteiger partial charge in [-0.3, -0.25) is 0 Å². The van der Waals surface area contributed by atoms with Crippen molar-refractivity contribution in [1.29, 1.82) is 0 Å². The summed E-state index contributed by atoms with van der Waals surface area (Å²) < 4.78 is 37.2. The lowest BCUT2D eigenvalue weighted by atomic mass is 10.1. The van der Waals surface area contributed by atoms with Gasteiger partial charge in [-0.25, -0.2) is 4.79 Å². The van der Waals surface area contributed by atoms with Crippen molar-refractivity contribution in [1.82, 2.24) is 0 Å². The number of hydrogen-bond donors (Lipinski definition) is 3. The summed E-state index contributed by atoms with van der Waals surface area (Å²) in [5, 5.41) is 20.4. The molecule has 1 aromatic rings. The fourth-order valence-corrected chi connectivity index (χ4v) is 1.54. The standard InChI is InChI=1S/C11H11ClF3NO3/c1-2-10(19,9(17)18)16-8-4-3-6(5-7(8)12)11(13,14)15/h3-5,16,19H,2H2,1H3,(H,17,18). The highest BCUT2D eigenvalue weighted by atomic mass is 35.5. The van der Waals surface area contributed by atoms with E-state index in [-0.39, 0.29) is 17.1 Å². The van der Waals surface area contributed by atoms with E-state index in [2.05, 4.69) is 5.32 Å². The molecule has 0 spiro atoms. The molecule has 0 saturated heterocycles. The average Bonchev–Trinajstić information content (AvgIpc) is 2.30. The number of aliphatic hydroxyl groups is 1. The van der Waals surface area contributed by atoms with E-state index < -0.39 is 23.4 Å². The van der Waals surface area contributed by atoms with Crippen LogP contribution < -0.4 is 5.32 Å². The lowest BCUT2D eigenvalue weighted by Gasteiger charge is -2.25. The Morgan fingerprint density at radius 3 is 2.37 bits per heavy atom. The van der Waals surface area contributed by atoms with Gasteiger partial charge in [-0.2, -0.15) is 13.2 Å². The summed E-state index contributed by atoms with van der Waals surface area (Å²) in [5.41, 5.74) is -3.34. The lowest BCUT2D eigenvalue weighted by molar-refractivity contribution is -0.155. The highest BCUT2D eigenvalue weighted by Gasteiger charge is 2.35. The predicted molar refractivity (Wildman–Crippen MR) is 63.0 cm³/mol. The monoisotopic (exact) mass is 297 g/mol. The smallest absolute Gasteiger partial charge is 0.416 e. The van der Waals surface area contributed by atoms with Crippen molar-refractivity contribution in [2.75, 3.05) is 5.32 Å². The minimum absolute atomic E-state index is 0.0959. The number of alkyl halides is 3. The fraction of sp³-hybridized carbons (Fsp3) is 0.364. The van der Waals surface area contributed by atoms with E-state index in [9.17, 15) is 23.1 Å². The maximum absolute atomic E-state index is 12.4. The SMILES string of the molecule is CCC(O)(Nc1ccc(C(F)(F)F)cc1Cl)C(=O)O. The Morgan fingerprint density at radius 2 is 2.00 bits per heavy atom. The van der Waals surface area contributed by atoms with Gasteiger partial charge >= 0.3 is 12.1 Å². The first kappa shape index (κ1) is 15.6. The minimum atomic E-state index is -4.55. The molecule has 0 heterocycles. The third kappa shape index (κ3) is 3.51. The number of rotatable bonds is 4. The lowest BCUT2D eigenvalue weighted by Crippen LogP contribution is -2.45. The van der Waals surface area contributed by atoms with E-state index in [0.29, 0.717) is 6.07 Å². The van der Waals surface area contributed by atoms with Crippen molar-refractivity contribution in [3.05, 3.63) is 28.8 Å². The van der Waals surface area contributed by atoms with E-state index in [4.69, 9.17) is 16.7 Å². The van der Waals surface area contributed by atoms with Gasteiger partial charge in [0.1, 0.15) is 0 Å². The molecule has 0 aliphatic rings. The summed E-state index contributed by atoms with van der Waals surface area (Å²) in [7, 11) is 0. The first-order chi connectivity index (χ1) is 8.60. The largest absolute Gasteiger partial charge is 0.478 e. The summed E-state index contributed by atoms with van der Waals surface area (Å²) in [5.74, 6) is -1.55. The number of benzene rings is 1. The highest BCUT2D eigenvalue weighted by molar-refractivity contribution is 6.33. The van der Waals surface area contributed by atoms with E-state index >= 15 is 0 Å². The van der Waals surface area contributed by atoms with Crippen LogP contribution in [0.25, 0.3) is 0 Å². The minimum Gasteiger partial charge on any atom is -0.478 e. The molecule has 0 fully saturated rings. The maximum Gasteiger partial charge on any atom is 0.416 e. The molecule has 1 unspecified atom stereocenters. The highest BCUT2D eigenvalue weighted by Crippen LogP contribution is 2.34. The summed E-state index contributed by atoms with van der Waals surface area (Å²) in [6.45, 7) is 1.40. The summed E-state index contributed by atoms with van der Waals surface area (Å²) >= 11 is 5.64. The zero-order chi connectivity index (χ0) is 14.8. The second-order valence-corrected chi connectivity index (χ2v) is 4.24. The molecule has 106 valence electrons. The fourth-order valence-electron chi connectivity index (χ4n) is 1.31. The molecular formula is C11H11ClF3NO3. The second-order valence-electron chi connectivity index (χ2n) is 3.84. The van der Waals surface area contributed by atoms with Crippen molar-refractivity contribution in [2.24, 2.45) is 0 Å². The molecule has 19 heavy (non-hydrogen) atoms. The number of carboxylic acids is 1. The molecule has 1 aromatic carbocycles. The van der Waals surface area contributed by atoms with Crippen molar-refractivity contribution in [3.63, 3.8) is 0 Å². The zero-order valence-electron chi connectivity index (χ0n) is 9.75. The molecule has 0 amide bonds. The third-order valence-electron chi connectivity index (χ3n) is 2.50. The number of nitrogens with one attached hydrogen (secondary N) is 1. The number of carbonyl (C=O) groups is 1. The molecule has 4 nitrogen and oxygen atoms in total. The van der Waals surface area contributed by atoms with E-state index in [1.165, 1.54) is 6.92 Å². The number of halogens is 4. The number of aliphatic carboxylic acids is 1. The molecule has 1 atom stereocenters. The number of carboxylic acid groups (broad SMARTS) is 1. The molecular weight excluding hydrogens is 287 g/mol. The molecule has 8 heteroatoms. The average molecular weight is 298 g/mol. The molecule has 0 radical (unpaired) electrons. The van der Waals surface area contributed by atoms with Crippen LogP contribution in [0.5, 0.6) is 0 Å². The van der Waals surface area contributed by atoms with Gasteiger partial charge in [-0.15, -0.1) is 0 Å². The van der Waals surface area contributed by atoms with Gasteiger partial charge in [0.05, 0.1) is 16.3 Å². The summed E-state index contributed by atoms with van der Waals surface area (Å²) in [4.78, 5) is 10.9. The van der Waals surface area contributed by atoms with Crippen LogP contribution in [0, 0.1) is 0 Å². The van der Waals surface area contributed by atoms with Crippen LogP contribution in [-0.4, -0.2) is 21.9 Å². The first-order valence-corrected chi connectivity index (χ1v) is 5.58. The van der Waals surface area contributed by atoms with Crippen LogP contribution in [0.1, 0.15) is 18.9 Å². The van der Waals surface area contributed by atoms with Gasteiger partial charge in [-0.1, -0.05) is 18.5 Å². The van der Waals surface area contributed by atoms with Crippen molar-refractivity contribution < 1.29 is 28.2 Å². The molecule has 3 N–H and O–H groups in total. The Morgan fingerprint density at radius 1 is 1.42 bits per heavy atom. The van der Waals surface area contributed by atoms with Gasteiger partial charge in [0.25, 0.3) is 0 Å². The van der Waals surface area contributed by atoms with Gasteiger partial charge in [-0.05, 0) is 18.2 Å². The Hall–Kier alpha value is -1.47. The van der Waals surface area contributed by atoms with E-state index in [1.807, 2.05) is 0 Å². The molecule has 1 rings (SSSR count). The van der Waals surface area contributed by atoms with Gasteiger partial charge in [0.15, 0.2) is 0 Å². The Balaban J connectivity index is 3.08. The van der Waals surface area contributed by atoms with Crippen LogP contribution in [0.2, 0.25) is 5.02 Å². The summed E-state index contributed by atoms with van der Waals surface area (Å²) in [6, 6.07) is 2.36. The van der Waals surface area contributed by atoms with Crippen LogP contribution in [0.3, 0.4) is 0 Å². The predicted octanol–water partition coefficient (Wildman–Crippen LogP) is 2.95. The second kappa shape index (κ2) is 5.26. The van der Waals surface area contributed by atoms with Crippen LogP contribution in [0.4, 0.5) is 18.9 Å².